The monoisotopic (exact) mass is 265 g/mol. The van der Waals surface area contributed by atoms with E-state index in [9.17, 15) is 0 Å². The van der Waals surface area contributed by atoms with Gasteiger partial charge in [-0.3, -0.25) is 0 Å². The lowest BCUT2D eigenvalue weighted by Gasteiger charge is -2.21. The molecule has 1 unspecified atom stereocenters. The molecule has 0 aromatic heterocycles. The fourth-order valence-electron chi connectivity index (χ4n) is 1.96. The molecule has 19 heavy (non-hydrogen) atoms. The highest BCUT2D eigenvalue weighted by atomic mass is 16.5. The number of benzene rings is 1. The third-order valence-electron chi connectivity index (χ3n) is 2.97. The van der Waals surface area contributed by atoms with Crippen molar-refractivity contribution in [1.29, 1.82) is 0 Å². The molecule has 1 rings (SSSR count). The number of hydrogen-bond acceptors (Lipinski definition) is 3. The van der Waals surface area contributed by atoms with Crippen molar-refractivity contribution in [2.24, 2.45) is 0 Å². The summed E-state index contributed by atoms with van der Waals surface area (Å²) in [6, 6.07) is 8.39. The first-order valence-electron chi connectivity index (χ1n) is 7.14. The van der Waals surface area contributed by atoms with Crippen LogP contribution in [0.25, 0.3) is 0 Å². The molecule has 0 aliphatic rings. The zero-order chi connectivity index (χ0) is 14.1. The lowest BCUT2D eigenvalue weighted by Crippen LogP contribution is -2.25. The van der Waals surface area contributed by atoms with Crippen LogP contribution in [0.3, 0.4) is 0 Å². The van der Waals surface area contributed by atoms with Gasteiger partial charge in [-0.05, 0) is 38.4 Å². The average Bonchev–Trinajstić information content (AvgIpc) is 2.39. The highest BCUT2D eigenvalue weighted by Crippen LogP contribution is 2.20. The summed E-state index contributed by atoms with van der Waals surface area (Å²) in [6.07, 6.45) is 0.353. The first-order chi connectivity index (χ1) is 9.15. The Labute approximate surface area is 117 Å². The second-order valence-electron chi connectivity index (χ2n) is 4.94. The Morgan fingerprint density at radius 1 is 1.11 bits per heavy atom. The number of hydrogen-bond donors (Lipinski definition) is 1. The molecular formula is C16H27NO2. The van der Waals surface area contributed by atoms with Gasteiger partial charge in [-0.25, -0.2) is 0 Å². The number of likely N-dealkylation sites (N-methyl/N-ethyl adjacent to an activating group) is 1. The molecule has 0 amide bonds. The van der Waals surface area contributed by atoms with Crippen molar-refractivity contribution >= 4 is 0 Å². The molecule has 108 valence electrons. The Hall–Kier alpha value is -0.900. The van der Waals surface area contributed by atoms with Crippen LogP contribution < -0.4 is 5.32 Å². The number of ether oxygens (including phenoxy) is 2. The standard InChI is InChI=1S/C16H27NO2/c1-5-17-12-16(19-11-10-18-13(2)3)15-9-7-6-8-14(15)4/h6-9,13,16-17H,5,10-12H2,1-4H3. The van der Waals surface area contributed by atoms with Gasteiger partial charge in [-0.1, -0.05) is 31.2 Å². The van der Waals surface area contributed by atoms with Crippen molar-refractivity contribution in [1.82, 2.24) is 5.32 Å². The second kappa shape index (κ2) is 9.08. The van der Waals surface area contributed by atoms with Gasteiger partial charge in [0.05, 0.1) is 25.4 Å². The summed E-state index contributed by atoms with van der Waals surface area (Å²) in [6.45, 7) is 11.4. The molecule has 0 radical (unpaired) electrons. The predicted octanol–water partition coefficient (Wildman–Crippen LogP) is 3.09. The quantitative estimate of drug-likeness (QED) is 0.696. The summed E-state index contributed by atoms with van der Waals surface area (Å²) in [5.41, 5.74) is 2.53. The maximum atomic E-state index is 5.97. The van der Waals surface area contributed by atoms with Crippen molar-refractivity contribution in [3.8, 4) is 0 Å². The first-order valence-corrected chi connectivity index (χ1v) is 7.14. The van der Waals surface area contributed by atoms with Gasteiger partial charge in [-0.15, -0.1) is 0 Å². The van der Waals surface area contributed by atoms with Gasteiger partial charge < -0.3 is 14.8 Å². The Morgan fingerprint density at radius 2 is 1.79 bits per heavy atom. The zero-order valence-electron chi connectivity index (χ0n) is 12.6. The lowest BCUT2D eigenvalue weighted by atomic mass is 10.0. The third-order valence-corrected chi connectivity index (χ3v) is 2.97. The molecule has 0 saturated carbocycles. The summed E-state index contributed by atoms with van der Waals surface area (Å²) < 4.78 is 11.5. The van der Waals surface area contributed by atoms with Crippen molar-refractivity contribution < 1.29 is 9.47 Å². The summed E-state index contributed by atoms with van der Waals surface area (Å²) in [7, 11) is 0. The lowest BCUT2D eigenvalue weighted by molar-refractivity contribution is -0.0130. The summed E-state index contributed by atoms with van der Waals surface area (Å²) in [4.78, 5) is 0. The molecule has 0 heterocycles. The molecule has 1 aromatic carbocycles. The topological polar surface area (TPSA) is 30.5 Å². The Morgan fingerprint density at radius 3 is 2.42 bits per heavy atom. The minimum absolute atomic E-state index is 0.0944. The highest BCUT2D eigenvalue weighted by Gasteiger charge is 2.13. The molecule has 1 N–H and O–H groups in total. The van der Waals surface area contributed by atoms with Gasteiger partial charge in [0.2, 0.25) is 0 Å². The smallest absolute Gasteiger partial charge is 0.0952 e. The van der Waals surface area contributed by atoms with Crippen LogP contribution in [0.5, 0.6) is 0 Å². The molecule has 1 aromatic rings. The van der Waals surface area contributed by atoms with Crippen molar-refractivity contribution in [3.05, 3.63) is 35.4 Å². The third kappa shape index (κ3) is 6.19. The van der Waals surface area contributed by atoms with E-state index in [0.717, 1.165) is 13.1 Å². The van der Waals surface area contributed by atoms with Gasteiger partial charge in [0.25, 0.3) is 0 Å². The molecule has 0 bridgehead atoms. The van der Waals surface area contributed by atoms with Gasteiger partial charge in [0.15, 0.2) is 0 Å². The van der Waals surface area contributed by atoms with Gasteiger partial charge in [-0.2, -0.15) is 0 Å². The number of aryl methyl sites for hydroxylation is 1. The molecular weight excluding hydrogens is 238 g/mol. The number of nitrogens with one attached hydrogen (secondary N) is 1. The van der Waals surface area contributed by atoms with E-state index < -0.39 is 0 Å². The summed E-state index contributed by atoms with van der Waals surface area (Å²) in [5.74, 6) is 0. The van der Waals surface area contributed by atoms with E-state index in [1.807, 2.05) is 13.8 Å². The molecule has 3 heteroatoms. The molecule has 0 aliphatic heterocycles. The predicted molar refractivity (Wildman–Crippen MR) is 79.5 cm³/mol. The molecule has 0 saturated heterocycles. The van der Waals surface area contributed by atoms with Crippen LogP contribution in [0.1, 0.15) is 38.0 Å². The second-order valence-corrected chi connectivity index (χ2v) is 4.94. The molecule has 1 atom stereocenters. The van der Waals surface area contributed by atoms with Crippen molar-refractivity contribution in [2.45, 2.75) is 39.9 Å². The van der Waals surface area contributed by atoms with Crippen LogP contribution in [0, 0.1) is 6.92 Å². The van der Waals surface area contributed by atoms with E-state index in [-0.39, 0.29) is 12.2 Å². The zero-order valence-corrected chi connectivity index (χ0v) is 12.6. The minimum Gasteiger partial charge on any atom is -0.376 e. The van der Waals surface area contributed by atoms with Gasteiger partial charge in [0, 0.05) is 6.54 Å². The fourth-order valence-corrected chi connectivity index (χ4v) is 1.96. The van der Waals surface area contributed by atoms with Gasteiger partial charge >= 0.3 is 0 Å². The summed E-state index contributed by atoms with van der Waals surface area (Å²) >= 11 is 0. The maximum absolute atomic E-state index is 5.97. The normalized spacial score (nSPS) is 12.9. The van der Waals surface area contributed by atoms with Crippen LogP contribution in [0.2, 0.25) is 0 Å². The van der Waals surface area contributed by atoms with E-state index in [0.29, 0.717) is 13.2 Å². The Bertz CT molecular complexity index is 352. The van der Waals surface area contributed by atoms with Crippen LogP contribution >= 0.6 is 0 Å². The van der Waals surface area contributed by atoms with E-state index in [1.54, 1.807) is 0 Å². The minimum atomic E-state index is 0.0944. The largest absolute Gasteiger partial charge is 0.376 e. The van der Waals surface area contributed by atoms with Crippen LogP contribution in [0.15, 0.2) is 24.3 Å². The molecule has 0 aliphatic carbocycles. The van der Waals surface area contributed by atoms with E-state index >= 15 is 0 Å². The van der Waals surface area contributed by atoms with Gasteiger partial charge in [0.1, 0.15) is 0 Å². The first kappa shape index (κ1) is 16.2. The van der Waals surface area contributed by atoms with Crippen LogP contribution in [-0.2, 0) is 9.47 Å². The highest BCUT2D eigenvalue weighted by molar-refractivity contribution is 5.28. The van der Waals surface area contributed by atoms with Crippen molar-refractivity contribution in [2.75, 3.05) is 26.3 Å². The SMILES string of the molecule is CCNCC(OCCOC(C)C)c1ccccc1C. The maximum Gasteiger partial charge on any atom is 0.0952 e. The average molecular weight is 265 g/mol. The van der Waals surface area contributed by atoms with Crippen LogP contribution in [0.4, 0.5) is 0 Å². The Kier molecular flexibility index (Phi) is 7.72. The van der Waals surface area contributed by atoms with E-state index in [2.05, 4.69) is 43.4 Å². The molecule has 0 fully saturated rings. The van der Waals surface area contributed by atoms with Crippen molar-refractivity contribution in [3.63, 3.8) is 0 Å². The summed E-state index contributed by atoms with van der Waals surface area (Å²) in [5, 5.41) is 3.36. The molecule has 0 spiro atoms. The fraction of sp³-hybridized carbons (Fsp3) is 0.625. The van der Waals surface area contributed by atoms with Crippen LogP contribution in [-0.4, -0.2) is 32.4 Å². The van der Waals surface area contributed by atoms with E-state index in [1.165, 1.54) is 11.1 Å². The number of rotatable bonds is 9. The van der Waals surface area contributed by atoms with E-state index in [4.69, 9.17) is 9.47 Å². The molecule has 3 nitrogen and oxygen atoms in total. The Balaban J connectivity index is 2.54.